The molecule has 0 saturated carbocycles. The van der Waals surface area contributed by atoms with Crippen molar-refractivity contribution in [3.05, 3.63) is 24.0 Å². The molecule has 1 atom stereocenters. The monoisotopic (exact) mass is 332 g/mol. The number of halogens is 1. The van der Waals surface area contributed by atoms with E-state index in [9.17, 15) is 17.1 Å². The van der Waals surface area contributed by atoms with Gasteiger partial charge in [0, 0.05) is 31.8 Å². The summed E-state index contributed by atoms with van der Waals surface area (Å²) in [6.07, 6.45) is 2.18. The Labute approximate surface area is 128 Å². The summed E-state index contributed by atoms with van der Waals surface area (Å²) in [4.78, 5) is 17.7. The number of aromatic nitrogens is 1. The Hall–Kier alpha value is -1.74. The zero-order valence-electron chi connectivity index (χ0n) is 12.4. The summed E-state index contributed by atoms with van der Waals surface area (Å²) in [5.74, 6) is -0.697. The molecule has 0 spiro atoms. The number of pyridine rings is 1. The largest absolute Gasteiger partial charge is 0.488 e. The molecule has 2 heterocycles. The average Bonchev–Trinajstić information content (AvgIpc) is 2.71. The molecule has 0 N–H and O–H groups in total. The second-order valence-corrected chi connectivity index (χ2v) is 6.74. The van der Waals surface area contributed by atoms with Gasteiger partial charge < -0.3 is 13.8 Å². The van der Waals surface area contributed by atoms with Crippen LogP contribution < -0.4 is 4.18 Å². The maximum Gasteiger partial charge on any atom is 0.488 e. The normalized spacial score (nSPS) is 20.9. The minimum absolute atomic E-state index is 0.102. The Kier molecular flexibility index (Phi) is 4.39. The van der Waals surface area contributed by atoms with Crippen LogP contribution in [0.15, 0.2) is 18.5 Å². The number of carbonyl (C=O) groups excluding carboxylic acids is 1. The quantitative estimate of drug-likeness (QED) is 0.770. The summed E-state index contributed by atoms with van der Waals surface area (Å²) >= 11 is 0. The molecule has 0 aliphatic carbocycles. The van der Waals surface area contributed by atoms with Crippen LogP contribution in [0.3, 0.4) is 0 Å². The van der Waals surface area contributed by atoms with E-state index in [1.54, 1.807) is 12.0 Å². The van der Waals surface area contributed by atoms with Gasteiger partial charge in [-0.3, -0.25) is 9.78 Å². The Morgan fingerprint density at radius 1 is 1.45 bits per heavy atom. The molecule has 22 heavy (non-hydrogen) atoms. The number of likely N-dealkylation sites (tertiary alicyclic amines) is 1. The Morgan fingerprint density at radius 3 is 2.68 bits per heavy atom. The van der Waals surface area contributed by atoms with Crippen LogP contribution in [0, 0.1) is 5.41 Å². The van der Waals surface area contributed by atoms with Crippen molar-refractivity contribution in [1.82, 2.24) is 9.88 Å². The molecule has 1 fully saturated rings. The number of methoxy groups -OCH3 is 1. The summed E-state index contributed by atoms with van der Waals surface area (Å²) in [6.45, 7) is 4.87. The van der Waals surface area contributed by atoms with Gasteiger partial charge in [-0.15, -0.1) is 0 Å². The lowest BCUT2D eigenvalue weighted by Crippen LogP contribution is -2.30. The van der Waals surface area contributed by atoms with Gasteiger partial charge >= 0.3 is 10.5 Å². The molecule has 0 aromatic carbocycles. The predicted molar refractivity (Wildman–Crippen MR) is 75.4 cm³/mol. The van der Waals surface area contributed by atoms with Gasteiger partial charge in [0.25, 0.3) is 5.91 Å². The summed E-state index contributed by atoms with van der Waals surface area (Å²) in [5, 5.41) is 0. The van der Waals surface area contributed by atoms with Crippen molar-refractivity contribution in [3.63, 3.8) is 0 Å². The molecule has 1 aromatic rings. The highest BCUT2D eigenvalue weighted by Crippen LogP contribution is 2.32. The van der Waals surface area contributed by atoms with Crippen LogP contribution in [0.25, 0.3) is 0 Å². The van der Waals surface area contributed by atoms with Crippen LogP contribution in [0.5, 0.6) is 5.75 Å². The Morgan fingerprint density at radius 2 is 2.14 bits per heavy atom. The number of rotatable bonds is 4. The van der Waals surface area contributed by atoms with E-state index in [0.717, 1.165) is 12.3 Å². The molecule has 1 aliphatic heterocycles. The smallest absolute Gasteiger partial charge is 0.379 e. The lowest BCUT2D eigenvalue weighted by molar-refractivity contribution is 0.0428. The first-order valence-electron chi connectivity index (χ1n) is 6.53. The van der Waals surface area contributed by atoms with Gasteiger partial charge in [0.2, 0.25) is 0 Å². The van der Waals surface area contributed by atoms with Crippen LogP contribution >= 0.6 is 0 Å². The number of ether oxygens (including phenoxy) is 1. The highest BCUT2D eigenvalue weighted by molar-refractivity contribution is 7.81. The number of hydrogen-bond acceptors (Lipinski definition) is 6. The molecule has 2 rings (SSSR count). The van der Waals surface area contributed by atoms with Crippen LogP contribution in [0.4, 0.5) is 3.89 Å². The van der Waals surface area contributed by atoms with Crippen molar-refractivity contribution in [2.45, 2.75) is 20.0 Å². The highest BCUT2D eigenvalue weighted by atomic mass is 32.3. The van der Waals surface area contributed by atoms with Crippen molar-refractivity contribution < 1.29 is 26.0 Å². The van der Waals surface area contributed by atoms with E-state index < -0.39 is 10.5 Å². The van der Waals surface area contributed by atoms with E-state index >= 15 is 0 Å². The first kappa shape index (κ1) is 16.6. The van der Waals surface area contributed by atoms with Crippen molar-refractivity contribution in [2.75, 3.05) is 20.2 Å². The summed E-state index contributed by atoms with van der Waals surface area (Å²) in [6, 6.07) is 1.14. The van der Waals surface area contributed by atoms with Crippen molar-refractivity contribution in [1.29, 1.82) is 0 Å². The minimum atomic E-state index is -5.15. The molecule has 1 aromatic heterocycles. The molecule has 0 bridgehead atoms. The van der Waals surface area contributed by atoms with Crippen LogP contribution in [0.1, 0.15) is 24.2 Å². The summed E-state index contributed by atoms with van der Waals surface area (Å²) < 4.78 is 42.9. The van der Waals surface area contributed by atoms with E-state index in [-0.39, 0.29) is 28.7 Å². The van der Waals surface area contributed by atoms with Crippen molar-refractivity contribution in [2.24, 2.45) is 5.41 Å². The maximum atomic E-state index is 12.5. The molecule has 9 heteroatoms. The lowest BCUT2D eigenvalue weighted by Gasteiger charge is -2.23. The SMILES string of the molecule is COC1CN(C(=O)c2cncc(OS(=O)(=O)F)c2)CC1(C)C. The number of carbonyl (C=O) groups is 1. The molecule has 1 unspecified atom stereocenters. The maximum absolute atomic E-state index is 12.5. The first-order chi connectivity index (χ1) is 10.1. The second-order valence-electron chi connectivity index (χ2n) is 5.78. The second kappa shape index (κ2) is 5.81. The van der Waals surface area contributed by atoms with Gasteiger partial charge in [0.05, 0.1) is 17.9 Å². The predicted octanol–water partition coefficient (Wildman–Crippen LogP) is 1.17. The van der Waals surface area contributed by atoms with E-state index in [1.807, 2.05) is 13.8 Å². The number of amides is 1. The highest BCUT2D eigenvalue weighted by Gasteiger charge is 2.41. The van der Waals surface area contributed by atoms with Gasteiger partial charge in [-0.2, -0.15) is 8.42 Å². The first-order valence-corrected chi connectivity index (χ1v) is 7.84. The zero-order chi connectivity index (χ0) is 16.5. The zero-order valence-corrected chi connectivity index (χ0v) is 13.3. The van der Waals surface area contributed by atoms with E-state index in [2.05, 4.69) is 9.17 Å². The van der Waals surface area contributed by atoms with Crippen LogP contribution in [-0.2, 0) is 15.2 Å². The topological polar surface area (TPSA) is 85.8 Å². The third-order valence-electron chi connectivity index (χ3n) is 3.58. The molecule has 7 nitrogen and oxygen atoms in total. The molecule has 0 radical (unpaired) electrons. The summed E-state index contributed by atoms with van der Waals surface area (Å²) in [5.41, 5.74) is -0.0810. The standard InChI is InChI=1S/C13H17FN2O5S/c1-13(2)8-16(7-11(13)20-3)12(17)9-4-10(6-15-5-9)21-22(14,18)19/h4-6,11H,7-8H2,1-3H3. The van der Waals surface area contributed by atoms with Gasteiger partial charge in [0.1, 0.15) is 0 Å². The van der Waals surface area contributed by atoms with Crippen molar-refractivity contribution >= 4 is 16.4 Å². The Balaban J connectivity index is 2.19. The van der Waals surface area contributed by atoms with E-state index in [1.165, 1.54) is 6.20 Å². The number of hydrogen-bond donors (Lipinski definition) is 0. The van der Waals surface area contributed by atoms with Crippen LogP contribution in [-0.4, -0.2) is 50.5 Å². The molecule has 1 saturated heterocycles. The molecule has 1 amide bonds. The number of nitrogens with zero attached hydrogens (tertiary/aromatic N) is 2. The summed E-state index contributed by atoms with van der Waals surface area (Å²) in [7, 11) is -3.57. The van der Waals surface area contributed by atoms with Crippen LogP contribution in [0.2, 0.25) is 0 Å². The van der Waals surface area contributed by atoms with Gasteiger partial charge in [-0.1, -0.05) is 17.7 Å². The lowest BCUT2D eigenvalue weighted by atomic mass is 9.90. The third kappa shape index (κ3) is 3.72. The fourth-order valence-electron chi connectivity index (χ4n) is 2.53. The molecular weight excluding hydrogens is 315 g/mol. The minimum Gasteiger partial charge on any atom is -0.379 e. The molecular formula is C13H17FN2O5S. The third-order valence-corrected chi connectivity index (χ3v) is 3.98. The molecule has 1 aliphatic rings. The van der Waals surface area contributed by atoms with Gasteiger partial charge in [0.15, 0.2) is 5.75 Å². The van der Waals surface area contributed by atoms with E-state index in [0.29, 0.717) is 13.1 Å². The van der Waals surface area contributed by atoms with Gasteiger partial charge in [-0.25, -0.2) is 0 Å². The Bertz CT molecular complexity index is 677. The average molecular weight is 332 g/mol. The van der Waals surface area contributed by atoms with Gasteiger partial charge in [-0.05, 0) is 6.07 Å². The fraction of sp³-hybridized carbons (Fsp3) is 0.538. The van der Waals surface area contributed by atoms with E-state index in [4.69, 9.17) is 4.74 Å². The fourth-order valence-corrected chi connectivity index (χ4v) is 2.85. The van der Waals surface area contributed by atoms with Crippen molar-refractivity contribution in [3.8, 4) is 5.75 Å². The molecule has 122 valence electrons.